The Kier molecular flexibility index (Phi) is 6.24. The Hall–Kier alpha value is -1.10. The number of nitrogens with one attached hydrogen (secondary N) is 1. The van der Waals surface area contributed by atoms with Gasteiger partial charge in [0.25, 0.3) is 0 Å². The molecule has 2 rings (SSSR count). The van der Waals surface area contributed by atoms with E-state index in [0.29, 0.717) is 5.02 Å². The van der Waals surface area contributed by atoms with Crippen LogP contribution >= 0.6 is 11.6 Å². The Morgan fingerprint density at radius 1 is 1.36 bits per heavy atom. The molecule has 4 unspecified atom stereocenters. The maximum atomic E-state index is 12.4. The Bertz CT molecular complexity index is 492. The molecule has 1 aliphatic carbocycles. The van der Waals surface area contributed by atoms with E-state index in [1.807, 2.05) is 31.2 Å². The van der Waals surface area contributed by atoms with Crippen LogP contribution in [0.15, 0.2) is 24.3 Å². The molecule has 1 saturated carbocycles. The number of ether oxygens (including phenoxy) is 1. The average molecular weight is 325 g/mol. The Balaban J connectivity index is 1.98. The van der Waals surface area contributed by atoms with Crippen LogP contribution in [0.2, 0.25) is 5.02 Å². The largest absolute Gasteiger partial charge is 0.375 e. The summed E-state index contributed by atoms with van der Waals surface area (Å²) in [4.78, 5) is 12.4. The second-order valence-corrected chi connectivity index (χ2v) is 6.57. The van der Waals surface area contributed by atoms with Crippen molar-refractivity contribution in [2.45, 2.75) is 50.8 Å². The highest BCUT2D eigenvalue weighted by atomic mass is 35.5. The Morgan fingerprint density at radius 2 is 2.05 bits per heavy atom. The number of hydrogen-bond acceptors (Lipinski definition) is 3. The predicted octanol–water partition coefficient (Wildman–Crippen LogP) is 3.05. The highest BCUT2D eigenvalue weighted by Gasteiger charge is 2.28. The van der Waals surface area contributed by atoms with Crippen LogP contribution in [0.25, 0.3) is 0 Å². The van der Waals surface area contributed by atoms with Crippen LogP contribution in [0, 0.1) is 5.92 Å². The van der Waals surface area contributed by atoms with Crippen molar-refractivity contribution in [3.05, 3.63) is 34.9 Å². The molecule has 4 nitrogen and oxygen atoms in total. The Morgan fingerprint density at radius 3 is 2.64 bits per heavy atom. The van der Waals surface area contributed by atoms with Gasteiger partial charge in [0, 0.05) is 24.1 Å². The van der Waals surface area contributed by atoms with Crippen LogP contribution in [0.5, 0.6) is 0 Å². The molecule has 1 amide bonds. The number of amides is 1. The Labute approximate surface area is 137 Å². The van der Waals surface area contributed by atoms with Gasteiger partial charge >= 0.3 is 0 Å². The monoisotopic (exact) mass is 324 g/mol. The van der Waals surface area contributed by atoms with E-state index in [0.717, 1.165) is 31.2 Å². The SMILES string of the molecule is COC(c1ccc(Cl)cc1)C(C)NC(=O)C1CCCC(N)C1. The number of methoxy groups -OCH3 is 1. The van der Waals surface area contributed by atoms with Crippen LogP contribution in [0.4, 0.5) is 0 Å². The quantitative estimate of drug-likeness (QED) is 0.875. The molecule has 5 heteroatoms. The summed E-state index contributed by atoms with van der Waals surface area (Å²) in [6.45, 7) is 1.96. The van der Waals surface area contributed by atoms with E-state index in [1.165, 1.54) is 0 Å². The number of carbonyl (C=O) groups is 1. The molecule has 0 spiro atoms. The topological polar surface area (TPSA) is 64.3 Å². The van der Waals surface area contributed by atoms with E-state index in [2.05, 4.69) is 5.32 Å². The summed E-state index contributed by atoms with van der Waals surface area (Å²) < 4.78 is 5.56. The summed E-state index contributed by atoms with van der Waals surface area (Å²) in [5, 5.41) is 3.77. The second-order valence-electron chi connectivity index (χ2n) is 6.13. The highest BCUT2D eigenvalue weighted by Crippen LogP contribution is 2.26. The first-order valence-corrected chi connectivity index (χ1v) is 8.23. The van der Waals surface area contributed by atoms with E-state index in [1.54, 1.807) is 7.11 Å². The zero-order valence-corrected chi connectivity index (χ0v) is 14.0. The molecule has 1 fully saturated rings. The summed E-state index contributed by atoms with van der Waals surface area (Å²) in [6.07, 6.45) is 3.55. The fraction of sp³-hybridized carbons (Fsp3) is 0.588. The van der Waals surface area contributed by atoms with Gasteiger partial charge in [0.05, 0.1) is 6.04 Å². The maximum Gasteiger partial charge on any atom is 0.223 e. The molecule has 0 aromatic heterocycles. The van der Waals surface area contributed by atoms with Crippen molar-refractivity contribution in [3.63, 3.8) is 0 Å². The molecule has 4 atom stereocenters. The van der Waals surface area contributed by atoms with E-state index < -0.39 is 0 Å². The third kappa shape index (κ3) is 4.45. The third-order valence-corrected chi connectivity index (χ3v) is 4.61. The summed E-state index contributed by atoms with van der Waals surface area (Å²) in [5.41, 5.74) is 6.97. The van der Waals surface area contributed by atoms with Gasteiger partial charge in [-0.05, 0) is 43.9 Å². The molecule has 0 aliphatic heterocycles. The second kappa shape index (κ2) is 7.95. The van der Waals surface area contributed by atoms with Gasteiger partial charge in [-0.1, -0.05) is 30.2 Å². The number of rotatable bonds is 5. The normalized spacial score (nSPS) is 24.5. The van der Waals surface area contributed by atoms with Crippen molar-refractivity contribution in [3.8, 4) is 0 Å². The fourth-order valence-electron chi connectivity index (χ4n) is 3.16. The number of benzene rings is 1. The summed E-state index contributed by atoms with van der Waals surface area (Å²) in [7, 11) is 1.65. The van der Waals surface area contributed by atoms with Gasteiger partial charge in [0.1, 0.15) is 6.10 Å². The van der Waals surface area contributed by atoms with E-state index in [-0.39, 0.29) is 30.0 Å². The number of halogens is 1. The lowest BCUT2D eigenvalue weighted by molar-refractivity contribution is -0.127. The van der Waals surface area contributed by atoms with Crippen LogP contribution < -0.4 is 11.1 Å². The third-order valence-electron chi connectivity index (χ3n) is 4.36. The summed E-state index contributed by atoms with van der Waals surface area (Å²) >= 11 is 5.92. The predicted molar refractivity (Wildman–Crippen MR) is 88.7 cm³/mol. The molecule has 1 aromatic rings. The minimum absolute atomic E-state index is 0.0222. The summed E-state index contributed by atoms with van der Waals surface area (Å²) in [5.74, 6) is 0.104. The van der Waals surface area contributed by atoms with E-state index in [4.69, 9.17) is 22.1 Å². The lowest BCUT2D eigenvalue weighted by atomic mass is 9.85. The van der Waals surface area contributed by atoms with Gasteiger partial charge in [-0.25, -0.2) is 0 Å². The first kappa shape index (κ1) is 17.3. The van der Waals surface area contributed by atoms with E-state index >= 15 is 0 Å². The molecule has 3 N–H and O–H groups in total. The van der Waals surface area contributed by atoms with Gasteiger partial charge in [-0.2, -0.15) is 0 Å². The van der Waals surface area contributed by atoms with Crippen LogP contribution in [-0.4, -0.2) is 25.1 Å². The maximum absolute atomic E-state index is 12.4. The highest BCUT2D eigenvalue weighted by molar-refractivity contribution is 6.30. The average Bonchev–Trinajstić information content (AvgIpc) is 2.50. The molecule has 0 heterocycles. The minimum atomic E-state index is -0.196. The fourth-order valence-corrected chi connectivity index (χ4v) is 3.29. The van der Waals surface area contributed by atoms with Crippen LogP contribution in [0.3, 0.4) is 0 Å². The van der Waals surface area contributed by atoms with Gasteiger partial charge in [-0.15, -0.1) is 0 Å². The molecule has 22 heavy (non-hydrogen) atoms. The molecule has 1 aromatic carbocycles. The number of carbonyl (C=O) groups excluding carboxylic acids is 1. The van der Waals surface area contributed by atoms with Crippen molar-refractivity contribution in [2.75, 3.05) is 7.11 Å². The molecule has 0 saturated heterocycles. The van der Waals surface area contributed by atoms with Crippen molar-refractivity contribution in [2.24, 2.45) is 11.7 Å². The molecular weight excluding hydrogens is 300 g/mol. The van der Waals surface area contributed by atoms with Crippen molar-refractivity contribution in [1.29, 1.82) is 0 Å². The molecular formula is C17H25ClN2O2. The van der Waals surface area contributed by atoms with E-state index in [9.17, 15) is 4.79 Å². The first-order valence-electron chi connectivity index (χ1n) is 7.85. The minimum Gasteiger partial charge on any atom is -0.375 e. The number of nitrogens with two attached hydrogens (primary N) is 1. The molecule has 122 valence electrons. The first-order chi connectivity index (χ1) is 10.5. The zero-order valence-electron chi connectivity index (χ0n) is 13.2. The van der Waals surface area contributed by atoms with Crippen LogP contribution in [-0.2, 0) is 9.53 Å². The standard InChI is InChI=1S/C17H25ClN2O2/c1-11(16(22-2)12-6-8-14(18)9-7-12)20-17(21)13-4-3-5-15(19)10-13/h6-9,11,13,15-16H,3-5,10,19H2,1-2H3,(H,20,21). The molecule has 0 radical (unpaired) electrons. The van der Waals surface area contributed by atoms with Crippen LogP contribution in [0.1, 0.15) is 44.3 Å². The van der Waals surface area contributed by atoms with Gasteiger partial charge in [0.2, 0.25) is 5.91 Å². The lowest BCUT2D eigenvalue weighted by Gasteiger charge is -2.29. The smallest absolute Gasteiger partial charge is 0.223 e. The molecule has 0 bridgehead atoms. The van der Waals surface area contributed by atoms with Gasteiger partial charge < -0.3 is 15.8 Å². The van der Waals surface area contributed by atoms with Crippen molar-refractivity contribution >= 4 is 17.5 Å². The van der Waals surface area contributed by atoms with Gasteiger partial charge in [0.15, 0.2) is 0 Å². The molecule has 1 aliphatic rings. The lowest BCUT2D eigenvalue weighted by Crippen LogP contribution is -2.43. The van der Waals surface area contributed by atoms with Gasteiger partial charge in [-0.3, -0.25) is 4.79 Å². The number of hydrogen-bond donors (Lipinski definition) is 2. The summed E-state index contributed by atoms with van der Waals surface area (Å²) in [6, 6.07) is 7.55. The van der Waals surface area contributed by atoms with Crippen molar-refractivity contribution in [1.82, 2.24) is 5.32 Å². The zero-order chi connectivity index (χ0) is 16.1. The van der Waals surface area contributed by atoms with Crippen molar-refractivity contribution < 1.29 is 9.53 Å².